The monoisotopic (exact) mass is 397 g/mol. The van der Waals surface area contributed by atoms with E-state index in [4.69, 9.17) is 23.8 Å². The van der Waals surface area contributed by atoms with Gasteiger partial charge in [-0.15, -0.1) is 11.3 Å². The number of benzene rings is 1. The lowest BCUT2D eigenvalue weighted by Gasteiger charge is -2.09. The van der Waals surface area contributed by atoms with Crippen LogP contribution in [-0.4, -0.2) is 15.6 Å². The van der Waals surface area contributed by atoms with E-state index in [1.807, 2.05) is 6.92 Å². The van der Waals surface area contributed by atoms with Crippen molar-refractivity contribution in [3.05, 3.63) is 60.7 Å². The fraction of sp³-hybridized carbons (Fsp3) is 0.188. The molecule has 0 aliphatic carbocycles. The molecule has 0 atom stereocenters. The highest BCUT2D eigenvalue weighted by molar-refractivity contribution is 7.71. The largest absolute Gasteiger partial charge is 0.322 e. The van der Waals surface area contributed by atoms with Gasteiger partial charge in [0, 0.05) is 15.5 Å². The average molecular weight is 398 g/mol. The summed E-state index contributed by atoms with van der Waals surface area (Å²) in [7, 11) is 0. The van der Waals surface area contributed by atoms with E-state index in [1.165, 1.54) is 29.5 Å². The number of aromatic nitrogens is 2. The van der Waals surface area contributed by atoms with E-state index in [0.717, 1.165) is 16.0 Å². The summed E-state index contributed by atoms with van der Waals surface area (Å²) in [5.74, 6) is -1.18. The molecule has 1 aromatic carbocycles. The number of rotatable bonds is 4. The van der Waals surface area contributed by atoms with Crippen LogP contribution in [0.5, 0.6) is 0 Å². The number of carbonyl (C=O) groups excluding carboxylic acids is 1. The van der Waals surface area contributed by atoms with Gasteiger partial charge in [0.05, 0.1) is 11.8 Å². The van der Waals surface area contributed by atoms with Crippen LogP contribution >= 0.6 is 35.2 Å². The van der Waals surface area contributed by atoms with Gasteiger partial charge in [-0.3, -0.25) is 15.0 Å². The van der Waals surface area contributed by atoms with Gasteiger partial charge in [-0.1, -0.05) is 24.6 Å². The summed E-state index contributed by atoms with van der Waals surface area (Å²) in [6.45, 7) is 1.98. The topological polar surface area (TPSA) is 66.9 Å². The van der Waals surface area contributed by atoms with Crippen molar-refractivity contribution >= 4 is 51.3 Å². The minimum Gasteiger partial charge on any atom is -0.322 e. The maximum absolute atomic E-state index is 13.8. The van der Waals surface area contributed by atoms with Crippen molar-refractivity contribution in [2.75, 3.05) is 5.43 Å². The zero-order valence-corrected chi connectivity index (χ0v) is 15.4. The fourth-order valence-corrected chi connectivity index (χ4v) is 3.87. The van der Waals surface area contributed by atoms with Gasteiger partial charge in [-0.25, -0.2) is 4.39 Å². The van der Waals surface area contributed by atoms with Crippen LogP contribution in [0, 0.1) is 10.6 Å². The van der Waals surface area contributed by atoms with Crippen molar-refractivity contribution in [1.29, 1.82) is 0 Å². The molecule has 0 bridgehead atoms. The Bertz CT molecular complexity index is 1070. The Morgan fingerprint density at radius 2 is 2.24 bits per heavy atom. The first-order valence-corrected chi connectivity index (χ1v) is 9.01. The van der Waals surface area contributed by atoms with E-state index in [2.05, 4.69) is 10.4 Å². The number of thiophene rings is 1. The summed E-state index contributed by atoms with van der Waals surface area (Å²) < 4.78 is 14.8. The predicted octanol–water partition coefficient (Wildman–Crippen LogP) is 3.79. The molecule has 2 heterocycles. The number of carbonyl (C=O) groups is 1. The normalized spacial score (nSPS) is 11.0. The molecule has 25 heavy (non-hydrogen) atoms. The number of nitrogens with zero attached hydrogens (tertiary/aromatic N) is 1. The molecule has 0 aliphatic heterocycles. The van der Waals surface area contributed by atoms with Gasteiger partial charge in [0.25, 0.3) is 5.56 Å². The lowest BCUT2D eigenvalue weighted by atomic mass is 10.1. The fourth-order valence-electron chi connectivity index (χ4n) is 2.36. The molecule has 0 spiro atoms. The molecule has 0 unspecified atom stereocenters. The minimum absolute atomic E-state index is 0.0643. The second-order valence-corrected chi connectivity index (χ2v) is 7.22. The quantitative estimate of drug-likeness (QED) is 0.658. The van der Waals surface area contributed by atoms with Gasteiger partial charge < -0.3 is 4.98 Å². The SMILES string of the molecule is CCc1cc2c(=O)n(NC(=O)Cc3c(F)cccc3Cl)c(=S)[nH]c2s1. The Balaban J connectivity index is 1.94. The molecule has 1 amide bonds. The Kier molecular flexibility index (Phi) is 5.03. The summed E-state index contributed by atoms with van der Waals surface area (Å²) in [6, 6.07) is 5.94. The van der Waals surface area contributed by atoms with Crippen molar-refractivity contribution in [2.24, 2.45) is 0 Å². The van der Waals surface area contributed by atoms with Crippen LogP contribution in [0.15, 0.2) is 29.1 Å². The van der Waals surface area contributed by atoms with Gasteiger partial charge in [0.15, 0.2) is 0 Å². The molecule has 2 aromatic heterocycles. The zero-order valence-electron chi connectivity index (χ0n) is 13.1. The Morgan fingerprint density at radius 3 is 2.92 bits per heavy atom. The first-order valence-electron chi connectivity index (χ1n) is 7.41. The van der Waals surface area contributed by atoms with Crippen LogP contribution in [0.1, 0.15) is 17.4 Å². The highest BCUT2D eigenvalue weighted by Gasteiger charge is 2.15. The van der Waals surface area contributed by atoms with E-state index in [9.17, 15) is 14.0 Å². The molecule has 0 fully saturated rings. The lowest BCUT2D eigenvalue weighted by molar-refractivity contribution is -0.116. The summed E-state index contributed by atoms with van der Waals surface area (Å²) in [5, 5.41) is 0.591. The molecular formula is C16H13ClFN3O2S2. The molecular weight excluding hydrogens is 385 g/mol. The first-order chi connectivity index (χ1) is 11.9. The number of hydrogen-bond acceptors (Lipinski definition) is 4. The highest BCUT2D eigenvalue weighted by atomic mass is 35.5. The van der Waals surface area contributed by atoms with Crippen LogP contribution in [0.2, 0.25) is 5.02 Å². The van der Waals surface area contributed by atoms with Crippen LogP contribution in [0.25, 0.3) is 10.2 Å². The van der Waals surface area contributed by atoms with Crippen molar-refractivity contribution in [1.82, 2.24) is 9.66 Å². The molecule has 0 aliphatic rings. The highest BCUT2D eigenvalue weighted by Crippen LogP contribution is 2.21. The number of hydrogen-bond donors (Lipinski definition) is 2. The third-order valence-corrected chi connectivity index (χ3v) is 5.46. The van der Waals surface area contributed by atoms with Crippen LogP contribution in [-0.2, 0) is 17.6 Å². The van der Waals surface area contributed by atoms with Gasteiger partial charge in [-0.05, 0) is 36.8 Å². The maximum atomic E-state index is 13.8. The van der Waals surface area contributed by atoms with Gasteiger partial charge in [0.2, 0.25) is 10.7 Å². The summed E-state index contributed by atoms with van der Waals surface area (Å²) in [6.07, 6.45) is 0.478. The van der Waals surface area contributed by atoms with Crippen molar-refractivity contribution < 1.29 is 9.18 Å². The molecule has 3 aromatic rings. The third kappa shape index (κ3) is 3.51. The third-order valence-electron chi connectivity index (χ3n) is 3.62. The summed E-state index contributed by atoms with van der Waals surface area (Å²) in [4.78, 5) is 29.4. The number of aromatic amines is 1. The van der Waals surface area contributed by atoms with E-state index in [1.54, 1.807) is 6.07 Å². The Morgan fingerprint density at radius 1 is 1.48 bits per heavy atom. The Hall–Kier alpha value is -2.03. The van der Waals surface area contributed by atoms with Gasteiger partial charge in [0.1, 0.15) is 10.6 Å². The zero-order chi connectivity index (χ0) is 18.1. The second kappa shape index (κ2) is 7.07. The average Bonchev–Trinajstić information content (AvgIpc) is 2.98. The number of aryl methyl sites for hydroxylation is 1. The molecule has 5 nitrogen and oxygen atoms in total. The van der Waals surface area contributed by atoms with E-state index in [-0.39, 0.29) is 21.8 Å². The van der Waals surface area contributed by atoms with E-state index < -0.39 is 17.3 Å². The smallest absolute Gasteiger partial charge is 0.282 e. The molecule has 0 saturated heterocycles. The molecule has 0 saturated carbocycles. The van der Waals surface area contributed by atoms with Gasteiger partial charge >= 0.3 is 0 Å². The molecule has 2 N–H and O–H groups in total. The van der Waals surface area contributed by atoms with E-state index >= 15 is 0 Å². The standard InChI is InChI=1S/C16H13ClFN3O2S2/c1-2-8-6-10-14(25-8)19-16(24)21(15(10)23)20-13(22)7-9-11(17)4-3-5-12(9)18/h3-6H,2,7H2,1H3,(H,19,24)(H,20,22). The molecule has 0 radical (unpaired) electrons. The summed E-state index contributed by atoms with van der Waals surface area (Å²) >= 11 is 12.5. The van der Waals surface area contributed by atoms with Gasteiger partial charge in [-0.2, -0.15) is 4.68 Å². The van der Waals surface area contributed by atoms with Crippen molar-refractivity contribution in [2.45, 2.75) is 19.8 Å². The number of nitrogens with one attached hydrogen (secondary N) is 2. The second-order valence-electron chi connectivity index (χ2n) is 5.29. The summed E-state index contributed by atoms with van der Waals surface area (Å²) in [5.41, 5.74) is 2.05. The van der Waals surface area contributed by atoms with Crippen LogP contribution in [0.4, 0.5) is 4.39 Å². The minimum atomic E-state index is -0.598. The molecule has 9 heteroatoms. The lowest BCUT2D eigenvalue weighted by Crippen LogP contribution is -2.35. The van der Waals surface area contributed by atoms with Crippen LogP contribution < -0.4 is 11.0 Å². The number of amides is 1. The number of fused-ring (bicyclic) bond motifs is 1. The van der Waals surface area contributed by atoms with Crippen molar-refractivity contribution in [3.8, 4) is 0 Å². The van der Waals surface area contributed by atoms with Crippen molar-refractivity contribution in [3.63, 3.8) is 0 Å². The number of H-pyrrole nitrogens is 1. The molecule has 130 valence electrons. The first kappa shape index (κ1) is 17.8. The molecule has 3 rings (SSSR count). The Labute approximate surface area is 156 Å². The predicted molar refractivity (Wildman–Crippen MR) is 100 cm³/mol. The van der Waals surface area contributed by atoms with E-state index in [0.29, 0.717) is 10.2 Å². The maximum Gasteiger partial charge on any atom is 0.282 e. The van der Waals surface area contributed by atoms with Crippen LogP contribution in [0.3, 0.4) is 0 Å². The number of halogens is 2.